The molecule has 0 radical (unpaired) electrons. The fraction of sp³-hybridized carbons (Fsp3) is 0.200. The third-order valence-corrected chi connectivity index (χ3v) is 8.01. The predicted octanol–water partition coefficient (Wildman–Crippen LogP) is 2.80. The van der Waals surface area contributed by atoms with Crippen LogP contribution in [0.5, 0.6) is 0 Å². The molecule has 1 N–H and O–H groups in total. The van der Waals surface area contributed by atoms with E-state index in [0.29, 0.717) is 27.9 Å². The number of nitrogens with one attached hydrogen (secondary N) is 1. The maximum absolute atomic E-state index is 12.6. The lowest BCUT2D eigenvalue weighted by Gasteiger charge is -2.24. The van der Waals surface area contributed by atoms with Gasteiger partial charge in [0.1, 0.15) is 10.5 Å². The van der Waals surface area contributed by atoms with Gasteiger partial charge < -0.3 is 4.42 Å². The number of hydrogen-bond acceptors (Lipinski definition) is 7. The molecule has 0 saturated carbocycles. The molecule has 7 nitrogen and oxygen atoms in total. The summed E-state index contributed by atoms with van der Waals surface area (Å²) >= 11 is 2.51. The summed E-state index contributed by atoms with van der Waals surface area (Å²) in [4.78, 5) is 17.3. The summed E-state index contributed by atoms with van der Waals surface area (Å²) in [7, 11) is -3.48. The summed E-state index contributed by atoms with van der Waals surface area (Å²) in [6, 6.07) is 4.90. The van der Waals surface area contributed by atoms with Gasteiger partial charge in [0, 0.05) is 17.8 Å². The Kier molecular flexibility index (Phi) is 4.20. The molecule has 0 aromatic carbocycles. The van der Waals surface area contributed by atoms with Gasteiger partial charge in [0.05, 0.1) is 24.1 Å². The highest BCUT2D eigenvalue weighted by atomic mass is 32.2. The Morgan fingerprint density at radius 2 is 2.24 bits per heavy atom. The Balaban J connectivity index is 1.52. The molecule has 0 unspecified atom stereocenters. The monoisotopic (exact) mass is 395 g/mol. The molecule has 1 aliphatic rings. The highest BCUT2D eigenvalue weighted by Gasteiger charge is 2.31. The van der Waals surface area contributed by atoms with Crippen LogP contribution in [0.15, 0.2) is 44.7 Å². The van der Waals surface area contributed by atoms with Crippen molar-refractivity contribution in [2.24, 2.45) is 0 Å². The highest BCUT2D eigenvalue weighted by Crippen LogP contribution is 2.32. The van der Waals surface area contributed by atoms with E-state index in [1.165, 1.54) is 39.5 Å². The van der Waals surface area contributed by atoms with Crippen molar-refractivity contribution in [1.29, 1.82) is 0 Å². The maximum Gasteiger partial charge on any atom is 0.260 e. The minimum Gasteiger partial charge on any atom is -0.472 e. The lowest BCUT2D eigenvalue weighted by molar-refractivity contribution is 0.102. The zero-order valence-corrected chi connectivity index (χ0v) is 15.3. The fourth-order valence-electron chi connectivity index (χ4n) is 2.53. The summed E-state index contributed by atoms with van der Waals surface area (Å²) in [6.07, 6.45) is 3.31. The van der Waals surface area contributed by atoms with Crippen molar-refractivity contribution >= 4 is 43.7 Å². The van der Waals surface area contributed by atoms with E-state index in [4.69, 9.17) is 4.42 Å². The van der Waals surface area contributed by atoms with Gasteiger partial charge in [-0.25, -0.2) is 13.4 Å². The molecule has 0 bridgehead atoms. The van der Waals surface area contributed by atoms with Crippen molar-refractivity contribution in [2.45, 2.75) is 17.2 Å². The average Bonchev–Trinajstić information content (AvgIpc) is 3.33. The quantitative estimate of drug-likeness (QED) is 0.733. The summed E-state index contributed by atoms with van der Waals surface area (Å²) in [5, 5.41) is 4.94. The Morgan fingerprint density at radius 3 is 2.96 bits per heavy atom. The number of nitrogens with zero attached hydrogens (tertiary/aromatic N) is 2. The smallest absolute Gasteiger partial charge is 0.260 e. The topological polar surface area (TPSA) is 92.5 Å². The molecule has 130 valence electrons. The standard InChI is InChI=1S/C15H13N3O4S3/c19-14(10-4-6-22-9-10)17-15-16-11-3-5-18(8-12(11)24-15)25(20,21)13-2-1-7-23-13/h1-2,4,6-7,9H,3,5,8H2,(H,16,17,19). The zero-order chi connectivity index (χ0) is 17.4. The SMILES string of the molecule is O=C(Nc1nc2c(s1)CN(S(=O)(=O)c1cccs1)CC2)c1ccoc1. The van der Waals surface area contributed by atoms with Crippen LogP contribution >= 0.6 is 22.7 Å². The van der Waals surface area contributed by atoms with Gasteiger partial charge in [-0.2, -0.15) is 4.31 Å². The van der Waals surface area contributed by atoms with E-state index in [-0.39, 0.29) is 12.5 Å². The van der Waals surface area contributed by atoms with Gasteiger partial charge in [-0.1, -0.05) is 6.07 Å². The van der Waals surface area contributed by atoms with Crippen molar-refractivity contribution in [1.82, 2.24) is 9.29 Å². The number of rotatable bonds is 4. The molecule has 4 heterocycles. The number of amides is 1. The number of thiophene rings is 1. The summed E-state index contributed by atoms with van der Waals surface area (Å²) < 4.78 is 32.0. The summed E-state index contributed by atoms with van der Waals surface area (Å²) in [6.45, 7) is 0.654. The molecule has 3 aromatic heterocycles. The Bertz CT molecular complexity index is 991. The number of sulfonamides is 1. The van der Waals surface area contributed by atoms with Crippen molar-refractivity contribution in [3.05, 3.63) is 52.2 Å². The van der Waals surface area contributed by atoms with E-state index in [1.54, 1.807) is 23.6 Å². The normalized spacial score (nSPS) is 15.0. The number of carbonyl (C=O) groups excluding carboxylic acids is 1. The lowest BCUT2D eigenvalue weighted by Crippen LogP contribution is -2.35. The van der Waals surface area contributed by atoms with Crippen molar-refractivity contribution < 1.29 is 17.6 Å². The van der Waals surface area contributed by atoms with Gasteiger partial charge in [-0.15, -0.1) is 22.7 Å². The number of thiazole rings is 1. The van der Waals surface area contributed by atoms with Crippen LogP contribution in [0.25, 0.3) is 0 Å². The number of furan rings is 1. The van der Waals surface area contributed by atoms with Crippen LogP contribution in [0.4, 0.5) is 5.13 Å². The highest BCUT2D eigenvalue weighted by molar-refractivity contribution is 7.91. The van der Waals surface area contributed by atoms with Gasteiger partial charge in [0.25, 0.3) is 15.9 Å². The Labute approximate surface area is 152 Å². The molecule has 1 aliphatic heterocycles. The first-order valence-electron chi connectivity index (χ1n) is 7.40. The number of aromatic nitrogens is 1. The van der Waals surface area contributed by atoms with Crippen LogP contribution in [0.1, 0.15) is 20.9 Å². The minimum absolute atomic E-state index is 0.273. The lowest BCUT2D eigenvalue weighted by atomic mass is 10.2. The molecule has 1 amide bonds. The van der Waals surface area contributed by atoms with E-state index in [9.17, 15) is 13.2 Å². The molecule has 4 rings (SSSR count). The van der Waals surface area contributed by atoms with E-state index in [1.807, 2.05) is 0 Å². The molecule has 10 heteroatoms. The van der Waals surface area contributed by atoms with E-state index < -0.39 is 10.0 Å². The van der Waals surface area contributed by atoms with E-state index in [0.717, 1.165) is 10.6 Å². The number of anilines is 1. The summed E-state index contributed by atoms with van der Waals surface area (Å²) in [5.74, 6) is -0.303. The molecule has 0 atom stereocenters. The van der Waals surface area contributed by atoms with Crippen LogP contribution in [0, 0.1) is 0 Å². The molecule has 0 aliphatic carbocycles. The number of carbonyl (C=O) groups is 1. The molecule has 0 saturated heterocycles. The van der Waals surface area contributed by atoms with E-state index in [2.05, 4.69) is 10.3 Å². The molecular weight excluding hydrogens is 382 g/mol. The van der Waals surface area contributed by atoms with Crippen molar-refractivity contribution in [2.75, 3.05) is 11.9 Å². The first kappa shape index (κ1) is 16.5. The molecule has 0 spiro atoms. The second kappa shape index (κ2) is 6.37. The summed E-state index contributed by atoms with van der Waals surface area (Å²) in [5.41, 5.74) is 1.25. The van der Waals surface area contributed by atoms with Crippen LogP contribution < -0.4 is 5.32 Å². The maximum atomic E-state index is 12.6. The van der Waals surface area contributed by atoms with Crippen molar-refractivity contribution in [3.8, 4) is 0 Å². The second-order valence-electron chi connectivity index (χ2n) is 5.38. The van der Waals surface area contributed by atoms with E-state index >= 15 is 0 Å². The molecule has 3 aromatic rings. The molecule has 25 heavy (non-hydrogen) atoms. The fourth-order valence-corrected chi connectivity index (χ4v) is 6.19. The largest absolute Gasteiger partial charge is 0.472 e. The van der Waals surface area contributed by atoms with Gasteiger partial charge >= 0.3 is 0 Å². The first-order valence-corrected chi connectivity index (χ1v) is 10.5. The third-order valence-electron chi connectivity index (χ3n) is 3.79. The van der Waals surface area contributed by atoms with Gasteiger partial charge in [-0.05, 0) is 17.5 Å². The van der Waals surface area contributed by atoms with Gasteiger partial charge in [-0.3, -0.25) is 10.1 Å². The Morgan fingerprint density at radius 1 is 1.36 bits per heavy atom. The van der Waals surface area contributed by atoms with Crippen LogP contribution in [-0.4, -0.2) is 30.2 Å². The van der Waals surface area contributed by atoms with Crippen LogP contribution in [0.2, 0.25) is 0 Å². The first-order chi connectivity index (χ1) is 12.0. The minimum atomic E-state index is -3.48. The predicted molar refractivity (Wildman–Crippen MR) is 94.4 cm³/mol. The van der Waals surface area contributed by atoms with Crippen LogP contribution in [-0.2, 0) is 23.0 Å². The number of fused-ring (bicyclic) bond motifs is 1. The average molecular weight is 395 g/mol. The van der Waals surface area contributed by atoms with Crippen molar-refractivity contribution in [3.63, 3.8) is 0 Å². The second-order valence-corrected chi connectivity index (χ2v) is 9.57. The Hall–Kier alpha value is -2.01. The number of hydrogen-bond donors (Lipinski definition) is 1. The zero-order valence-electron chi connectivity index (χ0n) is 12.8. The molecular formula is C15H13N3O4S3. The molecule has 0 fully saturated rings. The van der Waals surface area contributed by atoms with Gasteiger partial charge in [0.15, 0.2) is 5.13 Å². The van der Waals surface area contributed by atoms with Crippen LogP contribution in [0.3, 0.4) is 0 Å². The van der Waals surface area contributed by atoms with Gasteiger partial charge in [0.2, 0.25) is 0 Å². The third kappa shape index (κ3) is 3.13.